The maximum atomic E-state index is 12.8. The van der Waals surface area contributed by atoms with Crippen molar-refractivity contribution in [3.05, 3.63) is 72.9 Å². The highest BCUT2D eigenvalue weighted by Gasteiger charge is 2.51. The summed E-state index contributed by atoms with van der Waals surface area (Å²) < 4.78 is 33.4. The monoisotopic (exact) mass is 840 g/mol. The van der Waals surface area contributed by atoms with Gasteiger partial charge in [0.25, 0.3) is 0 Å². The quantitative estimate of drug-likeness (QED) is 0.0163. The number of unbranched alkanes of at least 4 members (excludes halogenated alkanes) is 9. The van der Waals surface area contributed by atoms with Crippen molar-refractivity contribution in [1.29, 1.82) is 0 Å². The van der Waals surface area contributed by atoms with E-state index < -0.39 is 75.7 Å². The van der Waals surface area contributed by atoms with Crippen LogP contribution in [0.15, 0.2) is 72.9 Å². The maximum Gasteiger partial charge on any atom is 0.472 e. The number of carbonyl (C=O) groups excluding carboxylic acids is 2. The second kappa shape index (κ2) is 34.0. The van der Waals surface area contributed by atoms with E-state index in [0.29, 0.717) is 12.8 Å². The van der Waals surface area contributed by atoms with Crippen molar-refractivity contribution >= 4 is 19.8 Å². The second-order valence-electron chi connectivity index (χ2n) is 14.5. The molecule has 0 aromatic rings. The molecule has 0 bridgehead atoms. The lowest BCUT2D eigenvalue weighted by molar-refractivity contribution is -0.220. The third-order valence-electron chi connectivity index (χ3n) is 9.26. The first kappa shape index (κ1) is 53.3. The first-order chi connectivity index (χ1) is 27.9. The number of hydrogen-bond donors (Lipinski definition) is 6. The zero-order chi connectivity index (χ0) is 42.9. The summed E-state index contributed by atoms with van der Waals surface area (Å²) in [5.74, 6) is -1.16. The maximum absolute atomic E-state index is 12.8. The molecule has 6 N–H and O–H groups in total. The molecule has 6 unspecified atom stereocenters. The molecule has 58 heavy (non-hydrogen) atoms. The average molecular weight is 841 g/mol. The fraction of sp³-hybridized carbons (Fsp3) is 0.682. The van der Waals surface area contributed by atoms with Crippen LogP contribution >= 0.6 is 7.82 Å². The summed E-state index contributed by atoms with van der Waals surface area (Å²) >= 11 is 0. The zero-order valence-corrected chi connectivity index (χ0v) is 35.7. The summed E-state index contributed by atoms with van der Waals surface area (Å²) in [6.45, 7) is 3.05. The van der Waals surface area contributed by atoms with Crippen LogP contribution < -0.4 is 0 Å². The number of allylic oxidation sites excluding steroid dienone is 12. The highest BCUT2D eigenvalue weighted by molar-refractivity contribution is 7.47. The minimum Gasteiger partial charge on any atom is -0.462 e. The first-order valence-electron chi connectivity index (χ1n) is 21.2. The summed E-state index contributed by atoms with van der Waals surface area (Å²) in [6, 6.07) is 0. The van der Waals surface area contributed by atoms with Gasteiger partial charge in [0.1, 0.15) is 43.2 Å². The molecule has 0 aromatic carbocycles. The lowest BCUT2D eigenvalue weighted by Gasteiger charge is -2.41. The van der Waals surface area contributed by atoms with Gasteiger partial charge >= 0.3 is 19.8 Å². The van der Waals surface area contributed by atoms with Crippen molar-refractivity contribution in [2.24, 2.45) is 0 Å². The Kier molecular flexibility index (Phi) is 31.3. The van der Waals surface area contributed by atoms with Gasteiger partial charge < -0.3 is 39.9 Å². The molecular weight excluding hydrogens is 767 g/mol. The van der Waals surface area contributed by atoms with Crippen molar-refractivity contribution in [3.63, 3.8) is 0 Å². The van der Waals surface area contributed by atoms with Crippen LogP contribution in [0.2, 0.25) is 0 Å². The zero-order valence-electron chi connectivity index (χ0n) is 34.8. The van der Waals surface area contributed by atoms with E-state index >= 15 is 0 Å². The van der Waals surface area contributed by atoms with Crippen LogP contribution in [0.1, 0.15) is 136 Å². The van der Waals surface area contributed by atoms with E-state index in [-0.39, 0.29) is 12.8 Å². The van der Waals surface area contributed by atoms with Crippen LogP contribution in [-0.2, 0) is 32.7 Å². The van der Waals surface area contributed by atoms with Crippen LogP contribution in [0.4, 0.5) is 0 Å². The van der Waals surface area contributed by atoms with Crippen LogP contribution in [0, 0.1) is 0 Å². The largest absolute Gasteiger partial charge is 0.472 e. The fourth-order valence-corrected chi connectivity index (χ4v) is 6.82. The summed E-state index contributed by atoms with van der Waals surface area (Å²) in [5.41, 5.74) is 0. The van der Waals surface area contributed by atoms with Crippen molar-refractivity contribution in [1.82, 2.24) is 0 Å². The Labute approximate surface area is 346 Å². The first-order valence-corrected chi connectivity index (χ1v) is 22.7. The number of aliphatic hydroxyl groups is 5. The van der Waals surface area contributed by atoms with E-state index in [2.05, 4.69) is 86.8 Å². The second-order valence-corrected chi connectivity index (χ2v) is 15.9. The minimum absolute atomic E-state index is 0.0519. The normalized spacial score (nSPS) is 23.2. The summed E-state index contributed by atoms with van der Waals surface area (Å²) in [4.78, 5) is 35.5. The Morgan fingerprint density at radius 2 is 0.983 bits per heavy atom. The predicted octanol–water partition coefficient (Wildman–Crippen LogP) is 7.55. The minimum atomic E-state index is -5.13. The number of phosphoric acid groups is 1. The van der Waals surface area contributed by atoms with Gasteiger partial charge in [-0.1, -0.05) is 119 Å². The molecule has 0 saturated heterocycles. The number of phosphoric ester groups is 1. The van der Waals surface area contributed by atoms with Gasteiger partial charge in [-0.25, -0.2) is 4.57 Å². The van der Waals surface area contributed by atoms with E-state index in [9.17, 15) is 44.6 Å². The van der Waals surface area contributed by atoms with Crippen molar-refractivity contribution in [2.45, 2.75) is 179 Å². The summed E-state index contributed by atoms with van der Waals surface area (Å²) in [5, 5.41) is 50.0. The van der Waals surface area contributed by atoms with Crippen LogP contribution in [-0.4, -0.2) is 98.3 Å². The topological polar surface area (TPSA) is 210 Å². The molecule has 6 atom stereocenters. The molecule has 0 aromatic heterocycles. The molecule has 0 heterocycles. The van der Waals surface area contributed by atoms with Gasteiger partial charge in [-0.05, 0) is 77.0 Å². The lowest BCUT2D eigenvalue weighted by Crippen LogP contribution is -2.64. The Bertz CT molecular complexity index is 1290. The van der Waals surface area contributed by atoms with E-state index in [4.69, 9.17) is 18.5 Å². The molecule has 1 fully saturated rings. The van der Waals surface area contributed by atoms with Gasteiger partial charge in [-0.2, -0.15) is 0 Å². The van der Waals surface area contributed by atoms with Gasteiger partial charge in [0.2, 0.25) is 0 Å². The SMILES string of the molecule is CC/C=C\C/C=C\C/C=C\C/C=C\C/C=C\CCCCCC(=O)OC(COC(=O)CCCCCCC/C=C\CCC)COP(=O)(O)OC1C(O)C(O)C(O)C(O)C1O. The molecule has 332 valence electrons. The average Bonchev–Trinajstić information content (AvgIpc) is 3.20. The Balaban J connectivity index is 2.52. The van der Waals surface area contributed by atoms with E-state index in [1.165, 1.54) is 0 Å². The molecule has 0 radical (unpaired) electrons. The van der Waals surface area contributed by atoms with Crippen molar-refractivity contribution < 1.29 is 63.1 Å². The van der Waals surface area contributed by atoms with Crippen molar-refractivity contribution in [3.8, 4) is 0 Å². The smallest absolute Gasteiger partial charge is 0.462 e. The molecule has 1 aliphatic rings. The number of carbonyl (C=O) groups is 2. The molecule has 14 heteroatoms. The van der Waals surface area contributed by atoms with Gasteiger partial charge in [0, 0.05) is 12.8 Å². The number of ether oxygens (including phenoxy) is 2. The third-order valence-corrected chi connectivity index (χ3v) is 10.2. The summed E-state index contributed by atoms with van der Waals surface area (Å²) in [6.07, 6.45) is 28.3. The van der Waals surface area contributed by atoms with Gasteiger partial charge in [-0.15, -0.1) is 0 Å². The molecule has 0 spiro atoms. The van der Waals surface area contributed by atoms with Crippen molar-refractivity contribution in [2.75, 3.05) is 13.2 Å². The molecule has 1 rings (SSSR count). The molecule has 13 nitrogen and oxygen atoms in total. The Morgan fingerprint density at radius 1 is 0.552 bits per heavy atom. The van der Waals surface area contributed by atoms with Gasteiger partial charge in [0.05, 0.1) is 6.61 Å². The van der Waals surface area contributed by atoms with Gasteiger partial charge in [-0.3, -0.25) is 18.6 Å². The Morgan fingerprint density at radius 3 is 1.53 bits per heavy atom. The van der Waals surface area contributed by atoms with E-state index in [1.807, 2.05) is 0 Å². The lowest BCUT2D eigenvalue weighted by atomic mass is 9.85. The number of hydrogen-bond acceptors (Lipinski definition) is 12. The van der Waals surface area contributed by atoms with Gasteiger partial charge in [0.15, 0.2) is 6.10 Å². The number of rotatable bonds is 33. The van der Waals surface area contributed by atoms with E-state index in [0.717, 1.165) is 96.3 Å². The molecule has 1 aliphatic carbocycles. The standard InChI is InChI=1S/C44H73O13P/c1-3-5-7-9-11-13-15-16-17-18-19-20-21-22-23-25-27-29-31-33-38(46)56-36(34-54-37(45)32-30-28-26-24-14-12-10-8-6-4-2)35-55-58(52,53)57-44-42(50)40(48)39(47)41(49)43(44)51/h5,7-8,10-11,13,16-17,19-20,22-23,36,39-44,47-51H,3-4,6,9,12,14-15,18,21,24-35H2,1-2H3,(H,52,53)/b7-5-,10-8-,13-11-,17-16-,20-19-,23-22-. The van der Waals surface area contributed by atoms with E-state index in [1.54, 1.807) is 0 Å². The highest BCUT2D eigenvalue weighted by Crippen LogP contribution is 2.47. The molecule has 0 amide bonds. The highest BCUT2D eigenvalue weighted by atomic mass is 31.2. The van der Waals surface area contributed by atoms with Crippen LogP contribution in [0.3, 0.4) is 0 Å². The van der Waals surface area contributed by atoms with Crippen LogP contribution in [0.25, 0.3) is 0 Å². The third kappa shape index (κ3) is 26.4. The summed E-state index contributed by atoms with van der Waals surface area (Å²) in [7, 11) is -5.13. The molecule has 0 aliphatic heterocycles. The predicted molar refractivity (Wildman–Crippen MR) is 225 cm³/mol. The Hall–Kier alpha value is -2.71. The molecule has 1 saturated carbocycles. The fourth-order valence-electron chi connectivity index (χ4n) is 5.84. The molecular formula is C44H73O13P. The number of esters is 2. The number of aliphatic hydroxyl groups excluding tert-OH is 5. The van der Waals surface area contributed by atoms with Crippen LogP contribution in [0.5, 0.6) is 0 Å².